The highest BCUT2D eigenvalue weighted by molar-refractivity contribution is 6.32. The van der Waals surface area contributed by atoms with Crippen molar-refractivity contribution in [2.24, 2.45) is 0 Å². The summed E-state index contributed by atoms with van der Waals surface area (Å²) in [6.45, 7) is -0.175. The molecule has 0 fully saturated rings. The molecule has 1 aromatic rings. The van der Waals surface area contributed by atoms with Crippen molar-refractivity contribution in [1.82, 2.24) is 5.48 Å². The minimum absolute atomic E-state index is 0.175. The van der Waals surface area contributed by atoms with Crippen LogP contribution in [0.25, 0.3) is 0 Å². The molecule has 0 atom stereocenters. The molecule has 0 heterocycles. The lowest BCUT2D eigenvalue weighted by Crippen LogP contribution is -2.13. The highest BCUT2D eigenvalue weighted by atomic mass is 35.5. The number of benzene rings is 1. The largest absolute Gasteiger partial charge is 0.506 e. The van der Waals surface area contributed by atoms with E-state index in [1.165, 1.54) is 7.11 Å². The lowest BCUT2D eigenvalue weighted by Gasteiger charge is -2.08. The molecule has 6 heteroatoms. The Morgan fingerprint density at radius 3 is 2.79 bits per heavy atom. The van der Waals surface area contributed by atoms with E-state index in [9.17, 15) is 13.9 Å². The fourth-order valence-corrected chi connectivity index (χ4v) is 1.15. The molecule has 3 nitrogen and oxygen atoms in total. The number of nitrogens with one attached hydrogen (secondary N) is 1. The molecule has 78 valence electrons. The Hall–Kier alpha value is -0.910. The second-order valence-electron chi connectivity index (χ2n) is 2.51. The number of rotatable bonds is 3. The minimum Gasteiger partial charge on any atom is -0.506 e. The quantitative estimate of drug-likeness (QED) is 0.608. The van der Waals surface area contributed by atoms with E-state index in [0.29, 0.717) is 6.07 Å². The van der Waals surface area contributed by atoms with Crippen molar-refractivity contribution in [1.29, 1.82) is 0 Å². The van der Waals surface area contributed by atoms with E-state index in [4.69, 9.17) is 11.6 Å². The summed E-state index contributed by atoms with van der Waals surface area (Å²) in [6.07, 6.45) is 0. The Kier molecular flexibility index (Phi) is 3.62. The van der Waals surface area contributed by atoms with Crippen molar-refractivity contribution in [3.63, 3.8) is 0 Å². The first-order chi connectivity index (χ1) is 6.57. The van der Waals surface area contributed by atoms with Crippen LogP contribution < -0.4 is 5.48 Å². The van der Waals surface area contributed by atoms with Crippen LogP contribution in [0.15, 0.2) is 6.07 Å². The van der Waals surface area contributed by atoms with Gasteiger partial charge in [-0.05, 0) is 6.07 Å². The molecule has 0 aliphatic rings. The van der Waals surface area contributed by atoms with Gasteiger partial charge in [0.1, 0.15) is 5.75 Å². The molecule has 1 rings (SSSR count). The molecule has 1 aromatic carbocycles. The smallest absolute Gasteiger partial charge is 0.167 e. The summed E-state index contributed by atoms with van der Waals surface area (Å²) in [4.78, 5) is 4.44. The van der Waals surface area contributed by atoms with Crippen LogP contribution in [0.2, 0.25) is 5.02 Å². The first kappa shape index (κ1) is 11.2. The Morgan fingerprint density at radius 1 is 1.57 bits per heavy atom. The summed E-state index contributed by atoms with van der Waals surface area (Å²) in [7, 11) is 1.32. The van der Waals surface area contributed by atoms with Crippen LogP contribution in [0.1, 0.15) is 5.56 Å². The van der Waals surface area contributed by atoms with Gasteiger partial charge in [0.25, 0.3) is 0 Å². The zero-order valence-corrected chi connectivity index (χ0v) is 8.03. The van der Waals surface area contributed by atoms with Gasteiger partial charge in [0.05, 0.1) is 24.2 Å². The van der Waals surface area contributed by atoms with E-state index >= 15 is 0 Å². The van der Waals surface area contributed by atoms with Crippen LogP contribution in [-0.2, 0) is 11.4 Å². The summed E-state index contributed by atoms with van der Waals surface area (Å²) < 4.78 is 25.9. The maximum absolute atomic E-state index is 13.1. The monoisotopic (exact) mass is 223 g/mol. The lowest BCUT2D eigenvalue weighted by atomic mass is 10.2. The van der Waals surface area contributed by atoms with Gasteiger partial charge in [-0.15, -0.1) is 0 Å². The number of hydroxylamine groups is 1. The molecular weight excluding hydrogens is 216 g/mol. The van der Waals surface area contributed by atoms with Gasteiger partial charge in [-0.25, -0.2) is 8.78 Å². The van der Waals surface area contributed by atoms with Gasteiger partial charge in [0.15, 0.2) is 11.6 Å². The zero-order chi connectivity index (χ0) is 10.7. The zero-order valence-electron chi connectivity index (χ0n) is 7.27. The summed E-state index contributed by atoms with van der Waals surface area (Å²) in [5, 5.41) is 9.06. The topological polar surface area (TPSA) is 41.5 Å². The molecule has 0 saturated carbocycles. The molecule has 0 aliphatic heterocycles. The highest BCUT2D eigenvalue weighted by Gasteiger charge is 2.16. The molecule has 2 N–H and O–H groups in total. The number of halogens is 3. The number of phenols is 1. The minimum atomic E-state index is -1.14. The first-order valence-corrected chi connectivity index (χ1v) is 4.07. The third-order valence-corrected chi connectivity index (χ3v) is 1.92. The Balaban J connectivity index is 3.11. The SMILES string of the molecule is CONCc1c(O)c(Cl)cc(F)c1F. The number of hydrogen-bond donors (Lipinski definition) is 2. The summed E-state index contributed by atoms with van der Waals surface area (Å²) in [5.74, 6) is -2.74. The van der Waals surface area contributed by atoms with Gasteiger partial charge in [-0.3, -0.25) is 0 Å². The van der Waals surface area contributed by atoms with Crippen molar-refractivity contribution in [2.45, 2.75) is 6.54 Å². The van der Waals surface area contributed by atoms with Crippen molar-refractivity contribution in [3.8, 4) is 5.75 Å². The van der Waals surface area contributed by atoms with Gasteiger partial charge < -0.3 is 9.94 Å². The highest BCUT2D eigenvalue weighted by Crippen LogP contribution is 2.31. The van der Waals surface area contributed by atoms with Crippen molar-refractivity contribution in [2.75, 3.05) is 7.11 Å². The average molecular weight is 224 g/mol. The van der Waals surface area contributed by atoms with Gasteiger partial charge >= 0.3 is 0 Å². The number of aromatic hydroxyl groups is 1. The van der Waals surface area contributed by atoms with Crippen LogP contribution in [-0.4, -0.2) is 12.2 Å². The van der Waals surface area contributed by atoms with Gasteiger partial charge in [-0.1, -0.05) is 11.6 Å². The van der Waals surface area contributed by atoms with Crippen molar-refractivity contribution in [3.05, 3.63) is 28.3 Å². The summed E-state index contributed by atoms with van der Waals surface area (Å²) in [6, 6.07) is 0.711. The Bertz CT molecular complexity index is 320. The normalized spacial score (nSPS) is 10.6. The van der Waals surface area contributed by atoms with E-state index in [2.05, 4.69) is 10.3 Å². The first-order valence-electron chi connectivity index (χ1n) is 3.69. The van der Waals surface area contributed by atoms with E-state index in [1.54, 1.807) is 0 Å². The lowest BCUT2D eigenvalue weighted by molar-refractivity contribution is 0.0851. The average Bonchev–Trinajstić information content (AvgIpc) is 2.15. The van der Waals surface area contributed by atoms with Crippen LogP contribution in [0.5, 0.6) is 5.75 Å². The van der Waals surface area contributed by atoms with E-state index < -0.39 is 17.4 Å². The van der Waals surface area contributed by atoms with Crippen LogP contribution in [0.3, 0.4) is 0 Å². The molecule has 14 heavy (non-hydrogen) atoms. The number of hydrogen-bond acceptors (Lipinski definition) is 3. The standard InChI is InChI=1S/C8H8ClF2NO2/c1-14-12-3-4-7(11)6(10)2-5(9)8(4)13/h2,12-13H,3H2,1H3. The molecule has 0 spiro atoms. The molecule has 0 unspecified atom stereocenters. The van der Waals surface area contributed by atoms with Crippen LogP contribution in [0.4, 0.5) is 8.78 Å². The molecule has 0 saturated heterocycles. The molecule has 0 aromatic heterocycles. The predicted octanol–water partition coefficient (Wildman–Crippen LogP) is 1.97. The van der Waals surface area contributed by atoms with E-state index in [1.807, 2.05) is 0 Å². The second kappa shape index (κ2) is 4.54. The van der Waals surface area contributed by atoms with Gasteiger partial charge in [-0.2, -0.15) is 5.48 Å². The van der Waals surface area contributed by atoms with Gasteiger partial charge in [0, 0.05) is 0 Å². The molecular formula is C8H8ClF2NO2. The summed E-state index contributed by atoms with van der Waals surface area (Å²) in [5.41, 5.74) is 2.01. The Morgan fingerprint density at radius 2 is 2.21 bits per heavy atom. The fourth-order valence-electron chi connectivity index (χ4n) is 0.941. The molecule has 0 bridgehead atoms. The molecule has 0 amide bonds. The summed E-state index contributed by atoms with van der Waals surface area (Å²) >= 11 is 5.44. The van der Waals surface area contributed by atoms with E-state index in [0.717, 1.165) is 0 Å². The molecule has 0 radical (unpaired) electrons. The maximum atomic E-state index is 13.1. The fraction of sp³-hybridized carbons (Fsp3) is 0.250. The van der Waals surface area contributed by atoms with Crippen molar-refractivity contribution < 1.29 is 18.7 Å². The maximum Gasteiger partial charge on any atom is 0.167 e. The van der Waals surface area contributed by atoms with Crippen molar-refractivity contribution >= 4 is 11.6 Å². The van der Waals surface area contributed by atoms with Gasteiger partial charge in [0.2, 0.25) is 0 Å². The molecule has 0 aliphatic carbocycles. The van der Waals surface area contributed by atoms with E-state index in [-0.39, 0.29) is 17.1 Å². The Labute approximate surface area is 84.2 Å². The third-order valence-electron chi connectivity index (χ3n) is 1.63. The van der Waals surface area contributed by atoms with Crippen LogP contribution in [0, 0.1) is 11.6 Å². The van der Waals surface area contributed by atoms with Crippen LogP contribution >= 0.6 is 11.6 Å². The second-order valence-corrected chi connectivity index (χ2v) is 2.91. The third kappa shape index (κ3) is 2.12. The number of phenolic OH excluding ortho intramolecular Hbond substituents is 1. The predicted molar refractivity (Wildman–Crippen MR) is 46.9 cm³/mol.